The van der Waals surface area contributed by atoms with Crippen LogP contribution in [0.4, 0.5) is 11.4 Å². The van der Waals surface area contributed by atoms with E-state index in [1.165, 1.54) is 5.56 Å². The van der Waals surface area contributed by atoms with E-state index in [2.05, 4.69) is 62.1 Å². The van der Waals surface area contributed by atoms with Gasteiger partial charge in [0, 0.05) is 41.7 Å². The second-order valence-corrected chi connectivity index (χ2v) is 7.77. The van der Waals surface area contributed by atoms with Gasteiger partial charge in [0.1, 0.15) is 11.2 Å². The second kappa shape index (κ2) is 7.88. The Morgan fingerprint density at radius 1 is 0.871 bits per heavy atom. The molecule has 1 aliphatic heterocycles. The number of aromatic nitrogens is 1. The highest BCUT2D eigenvalue weighted by atomic mass is 16.3. The minimum atomic E-state index is 0.744. The molecular weight excluding hydrogens is 382 g/mol. The molecule has 0 N–H and O–H groups in total. The van der Waals surface area contributed by atoms with Gasteiger partial charge in [0.2, 0.25) is 0 Å². The van der Waals surface area contributed by atoms with E-state index in [1.54, 1.807) is 0 Å². The van der Waals surface area contributed by atoms with E-state index in [9.17, 15) is 0 Å². The maximum Gasteiger partial charge on any atom is 0.155 e. The number of aryl methyl sites for hydroxylation is 1. The first kappa shape index (κ1) is 19.3. The number of rotatable bonds is 4. The van der Waals surface area contributed by atoms with E-state index in [0.29, 0.717) is 0 Å². The van der Waals surface area contributed by atoms with Crippen LogP contribution in [0.2, 0.25) is 0 Å². The summed E-state index contributed by atoms with van der Waals surface area (Å²) in [5.41, 5.74) is 5.80. The summed E-state index contributed by atoms with van der Waals surface area (Å²) in [5.74, 6) is 0.744. The predicted molar refractivity (Wildman–Crippen MR) is 128 cm³/mol. The van der Waals surface area contributed by atoms with Gasteiger partial charge < -0.3 is 9.32 Å². The molecule has 2 aliphatic rings. The monoisotopic (exact) mass is 407 g/mol. The summed E-state index contributed by atoms with van der Waals surface area (Å²) in [4.78, 5) is 12.2. The number of nitrogens with zero attached hydrogens (tertiary/aromatic N) is 3. The second-order valence-electron chi connectivity index (χ2n) is 7.77. The van der Waals surface area contributed by atoms with Crippen LogP contribution in [0, 0.1) is 6.92 Å². The largest absolute Gasteiger partial charge is 0.453 e. The third-order valence-electron chi connectivity index (χ3n) is 5.77. The lowest BCUT2D eigenvalue weighted by Gasteiger charge is -2.21. The van der Waals surface area contributed by atoms with Crippen LogP contribution in [0.1, 0.15) is 19.4 Å². The van der Waals surface area contributed by atoms with Crippen LogP contribution < -0.4 is 10.3 Å². The standard InChI is InChI=1S/C27H25N3O/c1-4-30(5-2)20-14-15-23-25(16-20)31-26-17-24(28-19-12-10-18(3)11-13-19)21-8-6-7-9-22(21)27(26)29-23/h6-17H,4-5H2,1-3H3. The van der Waals surface area contributed by atoms with Crippen molar-refractivity contribution in [2.24, 2.45) is 4.99 Å². The minimum absolute atomic E-state index is 0.744. The molecule has 4 heteroatoms. The lowest BCUT2D eigenvalue weighted by Crippen LogP contribution is -2.21. The summed E-state index contributed by atoms with van der Waals surface area (Å²) in [6, 6.07) is 24.8. The highest BCUT2D eigenvalue weighted by molar-refractivity contribution is 5.96. The first-order valence-electron chi connectivity index (χ1n) is 10.8. The van der Waals surface area contributed by atoms with Crippen molar-refractivity contribution in [2.45, 2.75) is 20.8 Å². The highest BCUT2D eigenvalue weighted by Crippen LogP contribution is 2.32. The fraction of sp³-hybridized carbons (Fsp3) is 0.185. The fourth-order valence-electron chi connectivity index (χ4n) is 4.06. The maximum absolute atomic E-state index is 6.38. The Kier molecular flexibility index (Phi) is 4.91. The summed E-state index contributed by atoms with van der Waals surface area (Å²) < 4.78 is 6.38. The molecule has 1 heterocycles. The Morgan fingerprint density at radius 2 is 1.61 bits per heavy atom. The Bertz CT molecular complexity index is 1410. The number of fused-ring (bicyclic) bond motifs is 4. The molecule has 4 nitrogen and oxygen atoms in total. The fourth-order valence-corrected chi connectivity index (χ4v) is 4.06. The van der Waals surface area contributed by atoms with E-state index >= 15 is 0 Å². The van der Waals surface area contributed by atoms with E-state index in [-0.39, 0.29) is 0 Å². The van der Waals surface area contributed by atoms with Gasteiger partial charge >= 0.3 is 0 Å². The SMILES string of the molecule is CCN(CC)c1ccc2nc3c4ccccc4c(=Nc4ccc(C)cc4)cc-3oc2c1. The van der Waals surface area contributed by atoms with Gasteiger partial charge in [-0.25, -0.2) is 9.98 Å². The van der Waals surface area contributed by atoms with E-state index in [1.807, 2.05) is 36.4 Å². The molecule has 0 saturated heterocycles. The van der Waals surface area contributed by atoms with Crippen LogP contribution in [0.25, 0.3) is 33.3 Å². The van der Waals surface area contributed by atoms with Crippen LogP contribution in [-0.2, 0) is 0 Å². The molecule has 0 radical (unpaired) electrons. The zero-order chi connectivity index (χ0) is 21.4. The summed E-state index contributed by atoms with van der Waals surface area (Å²) in [5, 5.41) is 3.00. The van der Waals surface area contributed by atoms with E-state index in [0.717, 1.165) is 63.1 Å². The smallest absolute Gasteiger partial charge is 0.155 e. The Hall–Kier alpha value is -3.66. The van der Waals surface area contributed by atoms with Gasteiger partial charge in [-0.1, -0.05) is 42.0 Å². The van der Waals surface area contributed by atoms with Crippen LogP contribution >= 0.6 is 0 Å². The number of anilines is 1. The number of hydrogen-bond donors (Lipinski definition) is 0. The van der Waals surface area contributed by atoms with E-state index < -0.39 is 0 Å². The molecule has 0 bridgehead atoms. The molecule has 0 fully saturated rings. The first-order chi connectivity index (χ1) is 15.2. The van der Waals surface area contributed by atoms with Gasteiger partial charge in [0.15, 0.2) is 11.3 Å². The van der Waals surface area contributed by atoms with Crippen LogP contribution in [0.5, 0.6) is 0 Å². The van der Waals surface area contributed by atoms with Crippen molar-refractivity contribution in [2.75, 3.05) is 18.0 Å². The van der Waals surface area contributed by atoms with Crippen molar-refractivity contribution in [1.82, 2.24) is 4.98 Å². The minimum Gasteiger partial charge on any atom is -0.453 e. The molecule has 0 aromatic heterocycles. The lowest BCUT2D eigenvalue weighted by molar-refractivity contribution is 0.613. The topological polar surface area (TPSA) is 41.6 Å². The molecule has 0 atom stereocenters. The first-order valence-corrected chi connectivity index (χ1v) is 10.8. The molecule has 0 amide bonds. The summed E-state index contributed by atoms with van der Waals surface area (Å²) in [7, 11) is 0. The Labute approximate surface area is 181 Å². The third kappa shape index (κ3) is 3.55. The summed E-state index contributed by atoms with van der Waals surface area (Å²) >= 11 is 0. The quantitative estimate of drug-likeness (QED) is 0.253. The summed E-state index contributed by atoms with van der Waals surface area (Å²) in [6.45, 7) is 8.31. The number of hydrogen-bond acceptors (Lipinski definition) is 4. The zero-order valence-electron chi connectivity index (χ0n) is 18.1. The molecule has 154 valence electrons. The molecule has 3 aromatic carbocycles. The molecule has 0 unspecified atom stereocenters. The zero-order valence-corrected chi connectivity index (χ0v) is 18.1. The maximum atomic E-state index is 6.38. The summed E-state index contributed by atoms with van der Waals surface area (Å²) in [6.07, 6.45) is 0. The third-order valence-corrected chi connectivity index (χ3v) is 5.77. The van der Waals surface area contributed by atoms with Crippen molar-refractivity contribution < 1.29 is 4.42 Å². The molecule has 0 saturated carbocycles. The van der Waals surface area contributed by atoms with Crippen molar-refractivity contribution in [3.8, 4) is 11.5 Å². The molecule has 1 aliphatic carbocycles. The molecule has 31 heavy (non-hydrogen) atoms. The van der Waals surface area contributed by atoms with Gasteiger partial charge in [-0.05, 0) is 45.0 Å². The molecule has 3 aromatic rings. The van der Waals surface area contributed by atoms with Gasteiger partial charge in [-0.15, -0.1) is 0 Å². The van der Waals surface area contributed by atoms with Crippen LogP contribution in [0.15, 0.2) is 82.2 Å². The van der Waals surface area contributed by atoms with Crippen LogP contribution in [-0.4, -0.2) is 18.1 Å². The van der Waals surface area contributed by atoms with Crippen LogP contribution in [0.3, 0.4) is 0 Å². The van der Waals surface area contributed by atoms with Gasteiger partial charge in [0.25, 0.3) is 0 Å². The Morgan fingerprint density at radius 3 is 2.35 bits per heavy atom. The average molecular weight is 408 g/mol. The molecule has 0 spiro atoms. The lowest BCUT2D eigenvalue weighted by atomic mass is 10.0. The highest BCUT2D eigenvalue weighted by Gasteiger charge is 2.15. The predicted octanol–water partition coefficient (Wildman–Crippen LogP) is 6.47. The average Bonchev–Trinajstić information content (AvgIpc) is 2.80. The van der Waals surface area contributed by atoms with Crippen molar-refractivity contribution in [3.63, 3.8) is 0 Å². The van der Waals surface area contributed by atoms with Crippen molar-refractivity contribution in [3.05, 3.63) is 83.7 Å². The van der Waals surface area contributed by atoms with Gasteiger partial charge in [-0.2, -0.15) is 0 Å². The van der Waals surface area contributed by atoms with Crippen molar-refractivity contribution >= 4 is 33.2 Å². The van der Waals surface area contributed by atoms with Crippen molar-refractivity contribution in [1.29, 1.82) is 0 Å². The number of benzene rings is 4. The van der Waals surface area contributed by atoms with Gasteiger partial charge in [-0.3, -0.25) is 0 Å². The molecule has 5 rings (SSSR count). The molecular formula is C27H25N3O. The normalized spacial score (nSPS) is 12.2. The van der Waals surface area contributed by atoms with Gasteiger partial charge in [0.05, 0.1) is 11.0 Å². The Balaban J connectivity index is 1.78. The van der Waals surface area contributed by atoms with E-state index in [4.69, 9.17) is 14.4 Å².